The van der Waals surface area contributed by atoms with Gasteiger partial charge in [0.2, 0.25) is 0 Å². The van der Waals surface area contributed by atoms with Gasteiger partial charge in [0.25, 0.3) is 5.91 Å². The van der Waals surface area contributed by atoms with Crippen LogP contribution in [-0.2, 0) is 17.6 Å². The number of rotatable bonds is 4. The van der Waals surface area contributed by atoms with Gasteiger partial charge < -0.3 is 10.1 Å². The van der Waals surface area contributed by atoms with Gasteiger partial charge >= 0.3 is 0 Å². The predicted octanol–water partition coefficient (Wildman–Crippen LogP) is 4.16. The summed E-state index contributed by atoms with van der Waals surface area (Å²) in [6.07, 6.45) is 0.884. The summed E-state index contributed by atoms with van der Waals surface area (Å²) in [4.78, 5) is 12.4. The van der Waals surface area contributed by atoms with E-state index < -0.39 is 6.10 Å². The van der Waals surface area contributed by atoms with Crippen molar-refractivity contribution in [3.63, 3.8) is 0 Å². The second-order valence-corrected chi connectivity index (χ2v) is 6.68. The predicted molar refractivity (Wildman–Crippen MR) is 100 cm³/mol. The Bertz CT molecular complexity index is 933. The molecule has 1 heterocycles. The zero-order valence-corrected chi connectivity index (χ0v) is 14.4. The van der Waals surface area contributed by atoms with Gasteiger partial charge in [0.15, 0.2) is 6.10 Å². The quantitative estimate of drug-likeness (QED) is 0.766. The first-order valence-electron chi connectivity index (χ1n) is 8.40. The molecule has 0 aliphatic carbocycles. The maximum absolute atomic E-state index is 12.4. The van der Waals surface area contributed by atoms with Crippen LogP contribution in [0.1, 0.15) is 11.1 Å². The molecule has 1 N–H and O–H groups in total. The molecule has 0 saturated carbocycles. The van der Waals surface area contributed by atoms with Crippen LogP contribution in [0.4, 0.5) is 0 Å². The van der Waals surface area contributed by atoms with Crippen molar-refractivity contribution < 1.29 is 9.53 Å². The maximum atomic E-state index is 12.4. The lowest BCUT2D eigenvalue weighted by molar-refractivity contribution is -0.127. The number of amides is 1. The topological polar surface area (TPSA) is 38.3 Å². The summed E-state index contributed by atoms with van der Waals surface area (Å²) in [6.45, 7) is 0.587. The Hall–Kier alpha value is -2.52. The van der Waals surface area contributed by atoms with Gasteiger partial charge in [0.1, 0.15) is 5.75 Å². The molecule has 3 aromatic rings. The maximum Gasteiger partial charge on any atom is 0.261 e. The Morgan fingerprint density at radius 1 is 1.12 bits per heavy atom. The minimum absolute atomic E-state index is 0.0763. The number of carbonyl (C=O) groups is 1. The van der Waals surface area contributed by atoms with Gasteiger partial charge in [-0.25, -0.2) is 0 Å². The van der Waals surface area contributed by atoms with Crippen molar-refractivity contribution >= 4 is 28.3 Å². The third-order valence-electron chi connectivity index (χ3n) is 4.56. The fraction of sp³-hybridized carbons (Fsp3) is 0.190. The fourth-order valence-corrected chi connectivity index (χ4v) is 3.50. The largest absolute Gasteiger partial charge is 0.480 e. The van der Waals surface area contributed by atoms with E-state index >= 15 is 0 Å². The number of hydrogen-bond donors (Lipinski definition) is 1. The van der Waals surface area contributed by atoms with Gasteiger partial charge in [0, 0.05) is 18.0 Å². The van der Waals surface area contributed by atoms with Crippen LogP contribution in [0.25, 0.3) is 10.8 Å². The number of benzene rings is 3. The molecular weight excluding hydrogens is 334 g/mol. The van der Waals surface area contributed by atoms with Crippen LogP contribution < -0.4 is 10.1 Å². The van der Waals surface area contributed by atoms with E-state index in [0.29, 0.717) is 18.0 Å². The van der Waals surface area contributed by atoms with Crippen LogP contribution in [0.2, 0.25) is 5.02 Å². The molecule has 0 spiro atoms. The van der Waals surface area contributed by atoms with Crippen molar-refractivity contribution in [3.8, 4) is 5.75 Å². The van der Waals surface area contributed by atoms with E-state index in [1.54, 1.807) is 6.07 Å². The van der Waals surface area contributed by atoms with E-state index in [-0.39, 0.29) is 5.91 Å². The number of hydrogen-bond acceptors (Lipinski definition) is 2. The Morgan fingerprint density at radius 2 is 1.96 bits per heavy atom. The number of carbonyl (C=O) groups excluding carboxylic acids is 1. The molecule has 0 saturated heterocycles. The van der Waals surface area contributed by atoms with Crippen LogP contribution in [0.5, 0.6) is 5.75 Å². The van der Waals surface area contributed by atoms with Gasteiger partial charge in [-0.1, -0.05) is 54.1 Å². The minimum Gasteiger partial charge on any atom is -0.480 e. The van der Waals surface area contributed by atoms with Crippen LogP contribution >= 0.6 is 11.6 Å². The first-order valence-corrected chi connectivity index (χ1v) is 8.78. The summed E-state index contributed by atoms with van der Waals surface area (Å²) < 4.78 is 5.73. The lowest BCUT2D eigenvalue weighted by atomic mass is 10.0. The van der Waals surface area contributed by atoms with Crippen LogP contribution in [0, 0.1) is 0 Å². The highest BCUT2D eigenvalue weighted by Crippen LogP contribution is 2.31. The van der Waals surface area contributed by atoms with E-state index in [4.69, 9.17) is 16.3 Å². The molecule has 1 atom stereocenters. The summed E-state index contributed by atoms with van der Waals surface area (Å²) in [7, 11) is 0. The normalized spacial score (nSPS) is 15.6. The SMILES string of the molecule is O=C(NCCc1cccc2ccccc12)C1Cc2cc(Cl)ccc2O1. The van der Waals surface area contributed by atoms with Gasteiger partial charge in [-0.15, -0.1) is 0 Å². The van der Waals surface area contributed by atoms with Crippen molar-refractivity contribution in [1.82, 2.24) is 5.32 Å². The summed E-state index contributed by atoms with van der Waals surface area (Å²) in [5.41, 5.74) is 2.22. The average molecular weight is 352 g/mol. The minimum atomic E-state index is -0.471. The Balaban J connectivity index is 1.37. The second-order valence-electron chi connectivity index (χ2n) is 6.24. The second kappa shape index (κ2) is 6.77. The van der Waals surface area contributed by atoms with Crippen molar-refractivity contribution in [3.05, 3.63) is 76.8 Å². The number of ether oxygens (including phenoxy) is 1. The zero-order valence-electron chi connectivity index (χ0n) is 13.7. The van der Waals surface area contributed by atoms with Crippen molar-refractivity contribution in [1.29, 1.82) is 0 Å². The van der Waals surface area contributed by atoms with E-state index in [1.807, 2.05) is 24.3 Å². The molecule has 25 heavy (non-hydrogen) atoms. The molecule has 0 fully saturated rings. The molecule has 3 aromatic carbocycles. The van der Waals surface area contributed by atoms with E-state index in [0.717, 1.165) is 17.7 Å². The molecule has 1 aliphatic heterocycles. The molecule has 0 aromatic heterocycles. The molecule has 1 aliphatic rings. The molecular formula is C21H18ClNO2. The van der Waals surface area contributed by atoms with E-state index in [1.165, 1.54) is 16.3 Å². The molecule has 1 unspecified atom stereocenters. The van der Waals surface area contributed by atoms with Gasteiger partial charge in [-0.05, 0) is 46.5 Å². The molecule has 4 heteroatoms. The van der Waals surface area contributed by atoms with Crippen molar-refractivity contribution in [2.24, 2.45) is 0 Å². The van der Waals surface area contributed by atoms with Gasteiger partial charge in [-0.2, -0.15) is 0 Å². The Kier molecular flexibility index (Phi) is 4.33. The number of nitrogens with one attached hydrogen (secondary N) is 1. The third kappa shape index (κ3) is 3.33. The highest BCUT2D eigenvalue weighted by Gasteiger charge is 2.28. The molecule has 1 amide bonds. The standard InChI is InChI=1S/C21H18ClNO2/c22-17-8-9-19-16(12-17)13-20(25-19)21(24)23-11-10-15-6-3-5-14-4-1-2-7-18(14)15/h1-9,12,20H,10-11,13H2,(H,23,24). The van der Waals surface area contributed by atoms with E-state index in [9.17, 15) is 4.79 Å². The van der Waals surface area contributed by atoms with E-state index in [2.05, 4.69) is 35.6 Å². The van der Waals surface area contributed by atoms with Crippen LogP contribution in [-0.4, -0.2) is 18.6 Å². The van der Waals surface area contributed by atoms with Crippen molar-refractivity contribution in [2.45, 2.75) is 18.9 Å². The highest BCUT2D eigenvalue weighted by atomic mass is 35.5. The first-order chi connectivity index (χ1) is 12.2. The monoisotopic (exact) mass is 351 g/mol. The summed E-state index contributed by atoms with van der Waals surface area (Å²) in [5, 5.41) is 6.11. The lowest BCUT2D eigenvalue weighted by Gasteiger charge is -2.12. The molecule has 126 valence electrons. The summed E-state index contributed by atoms with van der Waals surface area (Å²) >= 11 is 5.99. The fourth-order valence-electron chi connectivity index (χ4n) is 3.31. The Morgan fingerprint density at radius 3 is 2.88 bits per heavy atom. The molecule has 0 radical (unpaired) electrons. The molecule has 0 bridgehead atoms. The molecule has 3 nitrogen and oxygen atoms in total. The summed E-state index contributed by atoms with van der Waals surface area (Å²) in [5.74, 6) is 0.672. The third-order valence-corrected chi connectivity index (χ3v) is 4.80. The Labute approximate surface area is 151 Å². The smallest absolute Gasteiger partial charge is 0.261 e. The van der Waals surface area contributed by atoms with Gasteiger partial charge in [0.05, 0.1) is 0 Å². The highest BCUT2D eigenvalue weighted by molar-refractivity contribution is 6.30. The number of halogens is 1. The number of fused-ring (bicyclic) bond motifs is 2. The lowest BCUT2D eigenvalue weighted by Crippen LogP contribution is -2.38. The van der Waals surface area contributed by atoms with Gasteiger partial charge in [-0.3, -0.25) is 4.79 Å². The zero-order chi connectivity index (χ0) is 17.2. The molecule has 4 rings (SSSR count). The van der Waals surface area contributed by atoms with Crippen molar-refractivity contribution in [2.75, 3.05) is 6.54 Å². The van der Waals surface area contributed by atoms with Crippen LogP contribution in [0.3, 0.4) is 0 Å². The summed E-state index contributed by atoms with van der Waals surface area (Å²) in [6, 6.07) is 20.0. The first kappa shape index (κ1) is 16.0. The van der Waals surface area contributed by atoms with Crippen LogP contribution in [0.15, 0.2) is 60.7 Å². The average Bonchev–Trinajstić information content (AvgIpc) is 3.05.